The van der Waals surface area contributed by atoms with Crippen molar-refractivity contribution in [2.45, 2.75) is 46.2 Å². The fourth-order valence-electron chi connectivity index (χ4n) is 3.00. The molecule has 1 N–H and O–H groups in total. The predicted molar refractivity (Wildman–Crippen MR) is 78.9 cm³/mol. The first-order valence-electron chi connectivity index (χ1n) is 7.63. The van der Waals surface area contributed by atoms with E-state index >= 15 is 0 Å². The average Bonchev–Trinajstić information content (AvgIpc) is 2.67. The quantitative estimate of drug-likeness (QED) is 0.885. The number of nitrogens with one attached hydrogen (secondary N) is 1. The topological polar surface area (TPSA) is 28.4 Å². The molecule has 1 aromatic heterocycles. The molecule has 0 radical (unpaired) electrons. The second kappa shape index (κ2) is 7.11. The van der Waals surface area contributed by atoms with Crippen molar-refractivity contribution in [2.24, 2.45) is 11.8 Å². The van der Waals surface area contributed by atoms with Crippen LogP contribution in [0.4, 0.5) is 0 Å². The highest BCUT2D eigenvalue weighted by Gasteiger charge is 2.20. The number of likely N-dealkylation sites (tertiary alicyclic amines) is 1. The van der Waals surface area contributed by atoms with Gasteiger partial charge in [-0.1, -0.05) is 13.8 Å². The van der Waals surface area contributed by atoms with Crippen LogP contribution in [0.2, 0.25) is 0 Å². The highest BCUT2D eigenvalue weighted by atomic mass is 16.3. The van der Waals surface area contributed by atoms with Gasteiger partial charge in [0.1, 0.15) is 11.5 Å². The van der Waals surface area contributed by atoms with Crippen LogP contribution < -0.4 is 5.32 Å². The monoisotopic (exact) mass is 264 g/mol. The minimum Gasteiger partial charge on any atom is -0.463 e. The summed E-state index contributed by atoms with van der Waals surface area (Å²) in [6, 6.07) is 4.21. The van der Waals surface area contributed by atoms with E-state index in [0.29, 0.717) is 0 Å². The second-order valence-electron chi connectivity index (χ2n) is 6.11. The van der Waals surface area contributed by atoms with E-state index in [-0.39, 0.29) is 0 Å². The Labute approximate surface area is 117 Å². The molecule has 1 aromatic rings. The summed E-state index contributed by atoms with van der Waals surface area (Å²) < 4.78 is 5.84. The zero-order valence-electron chi connectivity index (χ0n) is 12.6. The summed E-state index contributed by atoms with van der Waals surface area (Å²) in [6.07, 6.45) is 4.05. The molecule has 0 spiro atoms. The predicted octanol–water partition coefficient (Wildman–Crippen LogP) is 3.26. The van der Waals surface area contributed by atoms with Gasteiger partial charge in [-0.05, 0) is 63.4 Å². The normalized spacial score (nSPS) is 21.8. The lowest BCUT2D eigenvalue weighted by molar-refractivity contribution is 0.242. The third kappa shape index (κ3) is 4.36. The van der Waals surface area contributed by atoms with Crippen molar-refractivity contribution >= 4 is 0 Å². The Hall–Kier alpha value is -0.800. The van der Waals surface area contributed by atoms with Gasteiger partial charge in [-0.15, -0.1) is 0 Å². The van der Waals surface area contributed by atoms with Crippen LogP contribution in [0.1, 0.15) is 44.6 Å². The summed E-state index contributed by atoms with van der Waals surface area (Å²) in [5, 5.41) is 3.12. The van der Waals surface area contributed by atoms with E-state index in [1.807, 2.05) is 7.05 Å². The standard InChI is InChI=1S/C16H28N2O/c1-13(2)14-5-4-9-18(10-8-14)12-16-7-6-15(19-16)11-17-3/h6-7,13-14,17H,4-5,8-12H2,1-3H3. The molecule has 2 rings (SSSR count). The summed E-state index contributed by atoms with van der Waals surface area (Å²) in [4.78, 5) is 2.55. The molecule has 2 heterocycles. The van der Waals surface area contributed by atoms with Gasteiger partial charge in [-0.25, -0.2) is 0 Å². The van der Waals surface area contributed by atoms with Gasteiger partial charge < -0.3 is 9.73 Å². The molecular formula is C16H28N2O. The van der Waals surface area contributed by atoms with Crippen molar-refractivity contribution in [3.63, 3.8) is 0 Å². The van der Waals surface area contributed by atoms with Gasteiger partial charge >= 0.3 is 0 Å². The summed E-state index contributed by atoms with van der Waals surface area (Å²) in [5.74, 6) is 3.87. The molecule has 0 aromatic carbocycles. The van der Waals surface area contributed by atoms with Crippen molar-refractivity contribution in [3.05, 3.63) is 23.7 Å². The molecule has 0 bridgehead atoms. The maximum absolute atomic E-state index is 5.84. The van der Waals surface area contributed by atoms with E-state index in [2.05, 4.69) is 36.2 Å². The van der Waals surface area contributed by atoms with Crippen LogP contribution in [0.15, 0.2) is 16.5 Å². The third-order valence-corrected chi connectivity index (χ3v) is 4.26. The fourth-order valence-corrected chi connectivity index (χ4v) is 3.00. The van der Waals surface area contributed by atoms with Gasteiger partial charge in [0, 0.05) is 0 Å². The molecule has 0 amide bonds. The highest BCUT2D eigenvalue weighted by molar-refractivity contribution is 5.07. The summed E-state index contributed by atoms with van der Waals surface area (Å²) in [7, 11) is 1.95. The van der Waals surface area contributed by atoms with Gasteiger partial charge in [0.2, 0.25) is 0 Å². The zero-order valence-corrected chi connectivity index (χ0v) is 12.6. The number of hydrogen-bond donors (Lipinski definition) is 1. The number of furan rings is 1. The molecule has 1 unspecified atom stereocenters. The van der Waals surface area contributed by atoms with Crippen LogP contribution in [-0.2, 0) is 13.1 Å². The largest absolute Gasteiger partial charge is 0.463 e. The average molecular weight is 264 g/mol. The van der Waals surface area contributed by atoms with E-state index in [1.165, 1.54) is 32.4 Å². The summed E-state index contributed by atoms with van der Waals surface area (Å²) >= 11 is 0. The third-order valence-electron chi connectivity index (χ3n) is 4.26. The lowest BCUT2D eigenvalue weighted by Crippen LogP contribution is -2.24. The first-order chi connectivity index (χ1) is 9.19. The lowest BCUT2D eigenvalue weighted by atomic mass is 9.89. The van der Waals surface area contributed by atoms with Crippen LogP contribution in [0, 0.1) is 11.8 Å². The molecular weight excluding hydrogens is 236 g/mol. The first kappa shape index (κ1) is 14.6. The Morgan fingerprint density at radius 1 is 1.26 bits per heavy atom. The Bertz CT molecular complexity index is 373. The van der Waals surface area contributed by atoms with Crippen LogP contribution in [0.25, 0.3) is 0 Å². The van der Waals surface area contributed by atoms with Crippen LogP contribution in [-0.4, -0.2) is 25.0 Å². The number of nitrogens with zero attached hydrogens (tertiary/aromatic N) is 1. The van der Waals surface area contributed by atoms with Crippen LogP contribution in [0.5, 0.6) is 0 Å². The van der Waals surface area contributed by atoms with Crippen LogP contribution in [0.3, 0.4) is 0 Å². The number of rotatable bonds is 5. The maximum Gasteiger partial charge on any atom is 0.118 e. The Kier molecular flexibility index (Phi) is 5.46. The van der Waals surface area contributed by atoms with E-state index < -0.39 is 0 Å². The molecule has 1 fully saturated rings. The van der Waals surface area contributed by atoms with E-state index in [1.54, 1.807) is 0 Å². The van der Waals surface area contributed by atoms with E-state index in [4.69, 9.17) is 4.42 Å². The molecule has 1 saturated heterocycles. The summed E-state index contributed by atoms with van der Waals surface area (Å²) in [5.41, 5.74) is 0. The van der Waals surface area contributed by atoms with Gasteiger partial charge in [-0.2, -0.15) is 0 Å². The van der Waals surface area contributed by atoms with Crippen molar-refractivity contribution in [1.82, 2.24) is 10.2 Å². The Balaban J connectivity index is 1.85. The first-order valence-corrected chi connectivity index (χ1v) is 7.63. The molecule has 1 aliphatic rings. The lowest BCUT2D eigenvalue weighted by Gasteiger charge is -2.20. The molecule has 3 heteroatoms. The molecule has 0 aliphatic carbocycles. The van der Waals surface area contributed by atoms with E-state index in [9.17, 15) is 0 Å². The Morgan fingerprint density at radius 2 is 2.05 bits per heavy atom. The van der Waals surface area contributed by atoms with Crippen molar-refractivity contribution in [1.29, 1.82) is 0 Å². The van der Waals surface area contributed by atoms with Crippen molar-refractivity contribution < 1.29 is 4.42 Å². The highest BCUT2D eigenvalue weighted by Crippen LogP contribution is 2.25. The van der Waals surface area contributed by atoms with Gasteiger partial charge in [0.25, 0.3) is 0 Å². The molecule has 1 atom stereocenters. The van der Waals surface area contributed by atoms with Gasteiger partial charge in [-0.3, -0.25) is 4.90 Å². The minimum absolute atomic E-state index is 0.815. The van der Waals surface area contributed by atoms with Crippen molar-refractivity contribution in [2.75, 3.05) is 20.1 Å². The molecule has 0 saturated carbocycles. The smallest absolute Gasteiger partial charge is 0.118 e. The van der Waals surface area contributed by atoms with Gasteiger partial charge in [0.05, 0.1) is 13.1 Å². The number of hydrogen-bond acceptors (Lipinski definition) is 3. The molecule has 1 aliphatic heterocycles. The SMILES string of the molecule is CNCc1ccc(CN2CCCC(C(C)C)CC2)o1. The molecule has 108 valence electrons. The zero-order chi connectivity index (χ0) is 13.7. The minimum atomic E-state index is 0.815. The molecule has 19 heavy (non-hydrogen) atoms. The Morgan fingerprint density at radius 3 is 2.79 bits per heavy atom. The van der Waals surface area contributed by atoms with E-state index in [0.717, 1.165) is 36.4 Å². The fraction of sp³-hybridized carbons (Fsp3) is 0.750. The van der Waals surface area contributed by atoms with Gasteiger partial charge in [0.15, 0.2) is 0 Å². The summed E-state index contributed by atoms with van der Waals surface area (Å²) in [6.45, 7) is 8.92. The second-order valence-corrected chi connectivity index (χ2v) is 6.11. The van der Waals surface area contributed by atoms with Crippen LogP contribution >= 0.6 is 0 Å². The molecule has 3 nitrogen and oxygen atoms in total. The van der Waals surface area contributed by atoms with Crippen molar-refractivity contribution in [3.8, 4) is 0 Å². The maximum atomic E-state index is 5.84.